The van der Waals surface area contributed by atoms with Crippen LogP contribution in [0, 0.1) is 0 Å². The molecule has 0 fully saturated rings. The van der Waals surface area contributed by atoms with Crippen LogP contribution in [-0.4, -0.2) is 6.09 Å². The van der Waals surface area contributed by atoms with E-state index in [9.17, 15) is 4.79 Å². The fourth-order valence-corrected chi connectivity index (χ4v) is 1.24. The molecular formula is C13H11N3O2. The van der Waals surface area contributed by atoms with Gasteiger partial charge in [0.05, 0.1) is 5.69 Å². The van der Waals surface area contributed by atoms with E-state index in [1.54, 1.807) is 36.4 Å². The molecule has 5 heteroatoms. The molecule has 90 valence electrons. The average molecular weight is 241 g/mol. The zero-order valence-corrected chi connectivity index (χ0v) is 9.48. The summed E-state index contributed by atoms with van der Waals surface area (Å²) in [6.07, 6.45) is -0.680. The number of nitrogens with one attached hydrogen (secondary N) is 1. The summed E-state index contributed by atoms with van der Waals surface area (Å²) >= 11 is 0. The molecule has 0 spiro atoms. The van der Waals surface area contributed by atoms with Gasteiger partial charge in [0.15, 0.2) is 0 Å². The molecule has 0 bridgehead atoms. The Hall–Kier alpha value is -2.69. The van der Waals surface area contributed by atoms with Gasteiger partial charge in [-0.15, -0.1) is 5.11 Å². The van der Waals surface area contributed by atoms with Gasteiger partial charge < -0.3 is 4.74 Å². The zero-order valence-electron chi connectivity index (χ0n) is 9.48. The summed E-state index contributed by atoms with van der Waals surface area (Å²) < 4.78 is 4.95. The number of ether oxygens (including phenoxy) is 1. The SMILES string of the molecule is O=C(NN=Nc1ccccc1)Oc1ccccc1. The first-order valence-electron chi connectivity index (χ1n) is 5.33. The Balaban J connectivity index is 1.84. The van der Waals surface area contributed by atoms with E-state index >= 15 is 0 Å². The highest BCUT2D eigenvalue weighted by Crippen LogP contribution is 2.10. The van der Waals surface area contributed by atoms with E-state index in [0.29, 0.717) is 11.4 Å². The van der Waals surface area contributed by atoms with Gasteiger partial charge >= 0.3 is 6.09 Å². The predicted molar refractivity (Wildman–Crippen MR) is 66.6 cm³/mol. The van der Waals surface area contributed by atoms with Gasteiger partial charge in [0.2, 0.25) is 0 Å². The molecule has 0 aliphatic heterocycles. The number of nitrogens with zero attached hydrogens (tertiary/aromatic N) is 2. The molecule has 2 aromatic rings. The number of carbonyl (C=O) groups excluding carboxylic acids is 1. The van der Waals surface area contributed by atoms with Crippen molar-refractivity contribution < 1.29 is 9.53 Å². The van der Waals surface area contributed by atoms with Gasteiger partial charge in [0.25, 0.3) is 0 Å². The lowest BCUT2D eigenvalue weighted by Crippen LogP contribution is -2.20. The third kappa shape index (κ3) is 3.71. The van der Waals surface area contributed by atoms with E-state index in [-0.39, 0.29) is 0 Å². The summed E-state index contributed by atoms with van der Waals surface area (Å²) in [6, 6.07) is 17.8. The van der Waals surface area contributed by atoms with Crippen LogP contribution in [0.3, 0.4) is 0 Å². The van der Waals surface area contributed by atoms with Crippen molar-refractivity contribution in [2.45, 2.75) is 0 Å². The smallest absolute Gasteiger partial charge is 0.409 e. The first-order chi connectivity index (χ1) is 8.84. The van der Waals surface area contributed by atoms with Crippen LogP contribution >= 0.6 is 0 Å². The Bertz CT molecular complexity index is 526. The first-order valence-corrected chi connectivity index (χ1v) is 5.33. The maximum atomic E-state index is 11.3. The summed E-state index contributed by atoms with van der Waals surface area (Å²) in [5.41, 5.74) is 2.83. The third-order valence-electron chi connectivity index (χ3n) is 2.02. The van der Waals surface area contributed by atoms with Gasteiger partial charge in [-0.2, -0.15) is 5.43 Å². The van der Waals surface area contributed by atoms with Crippen LogP contribution in [-0.2, 0) is 0 Å². The Morgan fingerprint density at radius 3 is 2.22 bits per heavy atom. The number of benzene rings is 2. The van der Waals surface area contributed by atoms with Crippen LogP contribution in [0.2, 0.25) is 0 Å². The van der Waals surface area contributed by atoms with Crippen molar-refractivity contribution in [3.05, 3.63) is 60.7 Å². The van der Waals surface area contributed by atoms with Crippen molar-refractivity contribution in [1.29, 1.82) is 0 Å². The Labute approximate surface area is 104 Å². The Morgan fingerprint density at radius 1 is 0.944 bits per heavy atom. The van der Waals surface area contributed by atoms with E-state index in [2.05, 4.69) is 15.8 Å². The molecule has 18 heavy (non-hydrogen) atoms. The maximum absolute atomic E-state index is 11.3. The van der Waals surface area contributed by atoms with Crippen LogP contribution < -0.4 is 10.2 Å². The number of hydrogen-bond acceptors (Lipinski definition) is 4. The number of para-hydroxylation sites is 1. The lowest BCUT2D eigenvalue weighted by molar-refractivity contribution is 0.200. The van der Waals surface area contributed by atoms with Crippen LogP contribution in [0.4, 0.5) is 10.5 Å². The summed E-state index contributed by atoms with van der Waals surface area (Å²) in [4.78, 5) is 11.3. The molecule has 0 radical (unpaired) electrons. The summed E-state index contributed by atoms with van der Waals surface area (Å²) in [5.74, 6) is 0.449. The average Bonchev–Trinajstić information content (AvgIpc) is 2.41. The fourth-order valence-electron chi connectivity index (χ4n) is 1.24. The minimum atomic E-state index is -0.680. The van der Waals surface area contributed by atoms with Crippen molar-refractivity contribution in [3.8, 4) is 5.75 Å². The molecule has 0 saturated heterocycles. The van der Waals surface area contributed by atoms with Gasteiger partial charge in [-0.3, -0.25) is 0 Å². The van der Waals surface area contributed by atoms with E-state index in [4.69, 9.17) is 4.74 Å². The molecule has 1 amide bonds. The molecule has 2 rings (SSSR count). The van der Waals surface area contributed by atoms with Gasteiger partial charge in [-0.05, 0) is 24.3 Å². The number of rotatable bonds is 3. The predicted octanol–water partition coefficient (Wildman–Crippen LogP) is 3.47. The maximum Gasteiger partial charge on any atom is 0.434 e. The molecule has 1 N–H and O–H groups in total. The molecule has 0 aliphatic carbocycles. The number of carbonyl (C=O) groups is 1. The molecule has 2 aromatic carbocycles. The second-order valence-electron chi connectivity index (χ2n) is 3.35. The highest BCUT2D eigenvalue weighted by Gasteiger charge is 2.01. The topological polar surface area (TPSA) is 63.0 Å². The Morgan fingerprint density at radius 2 is 1.56 bits per heavy atom. The monoisotopic (exact) mass is 241 g/mol. The quantitative estimate of drug-likeness (QED) is 0.660. The molecule has 0 heterocycles. The third-order valence-corrected chi connectivity index (χ3v) is 2.02. The lowest BCUT2D eigenvalue weighted by Gasteiger charge is -2.01. The summed E-state index contributed by atoms with van der Waals surface area (Å²) in [6.45, 7) is 0. The minimum Gasteiger partial charge on any atom is -0.409 e. The number of amides is 1. The summed E-state index contributed by atoms with van der Waals surface area (Å²) in [5, 5.41) is 7.34. The second-order valence-corrected chi connectivity index (χ2v) is 3.35. The van der Waals surface area contributed by atoms with Crippen molar-refractivity contribution >= 4 is 11.8 Å². The minimum absolute atomic E-state index is 0.449. The van der Waals surface area contributed by atoms with Gasteiger partial charge in [-0.1, -0.05) is 41.6 Å². The molecule has 0 atom stereocenters. The number of hydrogen-bond donors (Lipinski definition) is 1. The molecular weight excluding hydrogens is 230 g/mol. The first kappa shape index (κ1) is 11.8. The van der Waals surface area contributed by atoms with Crippen molar-refractivity contribution in [2.24, 2.45) is 10.3 Å². The van der Waals surface area contributed by atoms with Crippen LogP contribution in [0.1, 0.15) is 0 Å². The van der Waals surface area contributed by atoms with Gasteiger partial charge in [0.1, 0.15) is 5.75 Å². The highest BCUT2D eigenvalue weighted by atomic mass is 16.6. The highest BCUT2D eigenvalue weighted by molar-refractivity contribution is 5.69. The van der Waals surface area contributed by atoms with Crippen LogP contribution in [0.25, 0.3) is 0 Å². The van der Waals surface area contributed by atoms with E-state index in [1.165, 1.54) is 0 Å². The second kappa shape index (κ2) is 6.15. The van der Waals surface area contributed by atoms with Gasteiger partial charge in [0, 0.05) is 0 Å². The van der Waals surface area contributed by atoms with E-state index < -0.39 is 6.09 Å². The molecule has 0 unspecified atom stereocenters. The van der Waals surface area contributed by atoms with E-state index in [0.717, 1.165) is 0 Å². The normalized spacial score (nSPS) is 10.2. The zero-order chi connectivity index (χ0) is 12.6. The van der Waals surface area contributed by atoms with Crippen molar-refractivity contribution in [2.75, 3.05) is 0 Å². The molecule has 0 saturated carbocycles. The molecule has 5 nitrogen and oxygen atoms in total. The van der Waals surface area contributed by atoms with E-state index in [1.807, 2.05) is 24.3 Å². The molecule has 0 aromatic heterocycles. The van der Waals surface area contributed by atoms with Crippen LogP contribution in [0.5, 0.6) is 5.75 Å². The Kier molecular flexibility index (Phi) is 4.02. The lowest BCUT2D eigenvalue weighted by atomic mass is 10.3. The standard InChI is InChI=1S/C13H11N3O2/c17-13(18-12-9-5-2-6-10-12)15-16-14-11-7-3-1-4-8-11/h1-10H,(H,14,15,17). The largest absolute Gasteiger partial charge is 0.434 e. The van der Waals surface area contributed by atoms with Crippen LogP contribution in [0.15, 0.2) is 71.0 Å². The molecule has 0 aliphatic rings. The fraction of sp³-hybridized carbons (Fsp3) is 0. The van der Waals surface area contributed by atoms with Crippen molar-refractivity contribution in [1.82, 2.24) is 5.43 Å². The van der Waals surface area contributed by atoms with Crippen molar-refractivity contribution in [3.63, 3.8) is 0 Å². The summed E-state index contributed by atoms with van der Waals surface area (Å²) in [7, 11) is 0. The van der Waals surface area contributed by atoms with Gasteiger partial charge in [-0.25, -0.2) is 4.79 Å².